The largest absolute Gasteiger partial charge is 0.421 e. The first-order valence-corrected chi connectivity index (χ1v) is 7.67. The number of hydrogen-bond acceptors (Lipinski definition) is 5. The number of aromatic amines is 1. The molecule has 2 aromatic heterocycles. The molecule has 4 rings (SSSR count). The molecule has 6 nitrogen and oxygen atoms in total. The summed E-state index contributed by atoms with van der Waals surface area (Å²) in [4.78, 5) is 19.5. The van der Waals surface area contributed by atoms with Gasteiger partial charge in [-0.25, -0.2) is 4.98 Å². The number of rotatable bonds is 3. The van der Waals surface area contributed by atoms with Gasteiger partial charge in [-0.15, -0.1) is 10.2 Å². The quantitative estimate of drug-likeness (QED) is 0.627. The molecule has 6 heteroatoms. The van der Waals surface area contributed by atoms with E-state index in [-0.39, 0.29) is 5.56 Å². The molecule has 0 unspecified atom stereocenters. The van der Waals surface area contributed by atoms with E-state index in [0.29, 0.717) is 34.9 Å². The Bertz CT molecular complexity index is 1060. The Morgan fingerprint density at radius 2 is 1.75 bits per heavy atom. The van der Waals surface area contributed by atoms with Crippen LogP contribution in [-0.2, 0) is 6.42 Å². The molecule has 0 spiro atoms. The van der Waals surface area contributed by atoms with Crippen molar-refractivity contribution in [3.63, 3.8) is 0 Å². The maximum Gasteiger partial charge on any atom is 0.259 e. The van der Waals surface area contributed by atoms with Gasteiger partial charge in [-0.05, 0) is 24.3 Å². The Morgan fingerprint density at radius 3 is 2.50 bits per heavy atom. The standard InChI is InChI=1S/C18H14N4O2/c1-2-15-21-22-18(24-15)12-9-7-11(8-10-12)16-19-14-6-4-3-5-13(14)17(23)20-16/h3-10H,2H2,1H3,(H,19,20,23). The molecule has 0 aliphatic rings. The Balaban J connectivity index is 1.73. The molecule has 0 bridgehead atoms. The van der Waals surface area contributed by atoms with Crippen LogP contribution < -0.4 is 5.56 Å². The molecule has 2 aromatic carbocycles. The van der Waals surface area contributed by atoms with Crippen LogP contribution in [0.15, 0.2) is 57.7 Å². The molecule has 0 saturated heterocycles. The minimum atomic E-state index is -0.149. The summed E-state index contributed by atoms with van der Waals surface area (Å²) in [5, 5.41) is 8.56. The summed E-state index contributed by atoms with van der Waals surface area (Å²) in [6.07, 6.45) is 0.702. The van der Waals surface area contributed by atoms with Gasteiger partial charge >= 0.3 is 0 Å². The van der Waals surface area contributed by atoms with E-state index in [1.54, 1.807) is 6.07 Å². The lowest BCUT2D eigenvalue weighted by Gasteiger charge is -2.03. The van der Waals surface area contributed by atoms with E-state index in [1.165, 1.54) is 0 Å². The summed E-state index contributed by atoms with van der Waals surface area (Å²) >= 11 is 0. The lowest BCUT2D eigenvalue weighted by molar-refractivity contribution is 0.513. The molecule has 2 heterocycles. The molecule has 0 fully saturated rings. The first-order chi connectivity index (χ1) is 11.7. The van der Waals surface area contributed by atoms with Crippen LogP contribution >= 0.6 is 0 Å². The highest BCUT2D eigenvalue weighted by atomic mass is 16.4. The first kappa shape index (κ1) is 14.3. The Morgan fingerprint density at radius 1 is 1.00 bits per heavy atom. The normalized spacial score (nSPS) is 11.0. The van der Waals surface area contributed by atoms with E-state index in [9.17, 15) is 4.79 Å². The monoisotopic (exact) mass is 318 g/mol. The van der Waals surface area contributed by atoms with E-state index in [4.69, 9.17) is 4.42 Å². The number of H-pyrrole nitrogens is 1. The van der Waals surface area contributed by atoms with Gasteiger partial charge in [0.15, 0.2) is 0 Å². The van der Waals surface area contributed by atoms with Gasteiger partial charge in [0.05, 0.1) is 10.9 Å². The highest BCUT2D eigenvalue weighted by Crippen LogP contribution is 2.22. The van der Waals surface area contributed by atoms with E-state index in [0.717, 1.165) is 11.1 Å². The highest BCUT2D eigenvalue weighted by molar-refractivity contribution is 5.79. The first-order valence-electron chi connectivity index (χ1n) is 7.67. The van der Waals surface area contributed by atoms with Crippen molar-refractivity contribution in [3.8, 4) is 22.8 Å². The molecule has 0 atom stereocenters. The van der Waals surface area contributed by atoms with Gasteiger partial charge in [-0.3, -0.25) is 4.79 Å². The smallest absolute Gasteiger partial charge is 0.259 e. The minimum absolute atomic E-state index is 0.149. The highest BCUT2D eigenvalue weighted by Gasteiger charge is 2.09. The second kappa shape index (κ2) is 5.73. The summed E-state index contributed by atoms with van der Waals surface area (Å²) in [7, 11) is 0. The molecule has 0 aliphatic heterocycles. The number of para-hydroxylation sites is 1. The van der Waals surface area contributed by atoms with Crippen LogP contribution in [0.3, 0.4) is 0 Å². The van der Waals surface area contributed by atoms with E-state index in [2.05, 4.69) is 20.2 Å². The van der Waals surface area contributed by atoms with Crippen LogP contribution in [0.1, 0.15) is 12.8 Å². The van der Waals surface area contributed by atoms with Gasteiger partial charge in [0.2, 0.25) is 11.8 Å². The number of hydrogen-bond donors (Lipinski definition) is 1. The average molecular weight is 318 g/mol. The third-order valence-electron chi connectivity index (χ3n) is 3.79. The maximum absolute atomic E-state index is 12.2. The van der Waals surface area contributed by atoms with E-state index >= 15 is 0 Å². The lowest BCUT2D eigenvalue weighted by atomic mass is 10.1. The molecule has 4 aromatic rings. The number of fused-ring (bicyclic) bond motifs is 1. The summed E-state index contributed by atoms with van der Waals surface area (Å²) in [6.45, 7) is 1.96. The van der Waals surface area contributed by atoms with Gasteiger partial charge in [-0.2, -0.15) is 0 Å². The van der Waals surface area contributed by atoms with Crippen molar-refractivity contribution in [2.24, 2.45) is 0 Å². The van der Waals surface area contributed by atoms with Gasteiger partial charge in [-0.1, -0.05) is 31.2 Å². The molecule has 0 saturated carbocycles. The fraction of sp³-hybridized carbons (Fsp3) is 0.111. The van der Waals surface area contributed by atoms with Crippen molar-refractivity contribution in [1.82, 2.24) is 20.2 Å². The molecule has 0 aliphatic carbocycles. The minimum Gasteiger partial charge on any atom is -0.421 e. The molecule has 0 amide bonds. The molecule has 24 heavy (non-hydrogen) atoms. The van der Waals surface area contributed by atoms with Crippen LogP contribution in [0.4, 0.5) is 0 Å². The second-order valence-corrected chi connectivity index (χ2v) is 5.36. The van der Waals surface area contributed by atoms with Gasteiger partial charge in [0, 0.05) is 17.5 Å². The van der Waals surface area contributed by atoms with Crippen LogP contribution in [-0.4, -0.2) is 20.2 Å². The second-order valence-electron chi connectivity index (χ2n) is 5.36. The van der Waals surface area contributed by atoms with Crippen molar-refractivity contribution >= 4 is 10.9 Å². The Hall–Kier alpha value is -3.28. The number of aromatic nitrogens is 4. The SMILES string of the molecule is CCc1nnc(-c2ccc(-c3nc4ccccc4c(=O)[nH]3)cc2)o1. The van der Waals surface area contributed by atoms with Gasteiger partial charge in [0.25, 0.3) is 5.56 Å². The Labute approximate surface area is 137 Å². The third-order valence-corrected chi connectivity index (χ3v) is 3.79. The predicted octanol–water partition coefficient (Wildman–Crippen LogP) is 3.20. The molecule has 118 valence electrons. The van der Waals surface area contributed by atoms with E-state index < -0.39 is 0 Å². The summed E-state index contributed by atoms with van der Waals surface area (Å²) < 4.78 is 5.55. The van der Waals surface area contributed by atoms with Crippen LogP contribution in [0.25, 0.3) is 33.7 Å². The topological polar surface area (TPSA) is 84.7 Å². The zero-order valence-electron chi connectivity index (χ0n) is 13.0. The summed E-state index contributed by atoms with van der Waals surface area (Å²) in [6, 6.07) is 14.8. The summed E-state index contributed by atoms with van der Waals surface area (Å²) in [5.74, 6) is 1.62. The van der Waals surface area contributed by atoms with Crippen LogP contribution in [0, 0.1) is 0 Å². The number of nitrogens with one attached hydrogen (secondary N) is 1. The van der Waals surface area contributed by atoms with E-state index in [1.807, 2.05) is 49.4 Å². The molecular weight excluding hydrogens is 304 g/mol. The van der Waals surface area contributed by atoms with Gasteiger partial charge in [0.1, 0.15) is 5.82 Å². The number of aryl methyl sites for hydroxylation is 1. The fourth-order valence-corrected chi connectivity index (χ4v) is 2.51. The zero-order valence-corrected chi connectivity index (χ0v) is 13.0. The van der Waals surface area contributed by atoms with Crippen LogP contribution in [0.2, 0.25) is 0 Å². The van der Waals surface area contributed by atoms with Crippen molar-refractivity contribution in [3.05, 3.63) is 64.8 Å². The van der Waals surface area contributed by atoms with Crippen molar-refractivity contribution in [1.29, 1.82) is 0 Å². The lowest BCUT2D eigenvalue weighted by Crippen LogP contribution is -2.09. The third kappa shape index (κ3) is 2.48. The molecule has 0 radical (unpaired) electrons. The summed E-state index contributed by atoms with van der Waals surface area (Å²) in [5.41, 5.74) is 2.17. The van der Waals surface area contributed by atoms with Crippen LogP contribution in [0.5, 0.6) is 0 Å². The predicted molar refractivity (Wildman–Crippen MR) is 90.5 cm³/mol. The maximum atomic E-state index is 12.2. The Kier molecular flexibility index (Phi) is 3.42. The van der Waals surface area contributed by atoms with Crippen molar-refractivity contribution in [2.45, 2.75) is 13.3 Å². The van der Waals surface area contributed by atoms with Crippen molar-refractivity contribution < 1.29 is 4.42 Å². The molecular formula is C18H14N4O2. The molecule has 1 N–H and O–H groups in total. The average Bonchev–Trinajstić information content (AvgIpc) is 3.11. The zero-order chi connectivity index (χ0) is 16.5. The number of benzene rings is 2. The van der Waals surface area contributed by atoms with Crippen molar-refractivity contribution in [2.75, 3.05) is 0 Å². The fourth-order valence-electron chi connectivity index (χ4n) is 2.51. The number of nitrogens with zero attached hydrogens (tertiary/aromatic N) is 3. The van der Waals surface area contributed by atoms with Gasteiger partial charge < -0.3 is 9.40 Å².